The van der Waals surface area contributed by atoms with Crippen molar-refractivity contribution in [3.05, 3.63) is 33.8 Å². The fourth-order valence-corrected chi connectivity index (χ4v) is 2.19. The van der Waals surface area contributed by atoms with E-state index < -0.39 is 17.6 Å². The van der Waals surface area contributed by atoms with Crippen molar-refractivity contribution in [1.82, 2.24) is 5.32 Å². The lowest BCUT2D eigenvalue weighted by atomic mass is 10.1. The van der Waals surface area contributed by atoms with Gasteiger partial charge in [-0.05, 0) is 31.0 Å². The molecule has 0 heterocycles. The first-order chi connectivity index (χ1) is 9.36. The Balaban J connectivity index is 2.73. The van der Waals surface area contributed by atoms with Crippen LogP contribution in [0.15, 0.2) is 22.7 Å². The number of unbranched alkanes of at least 4 members (excludes halogenated alkanes) is 2. The minimum atomic E-state index is -4.56. The zero-order chi connectivity index (χ0) is 15.2. The normalized spacial score (nSPS) is 11.4. The third kappa shape index (κ3) is 5.32. The van der Waals surface area contributed by atoms with Crippen molar-refractivity contribution < 1.29 is 18.0 Å². The summed E-state index contributed by atoms with van der Waals surface area (Å²) in [6.45, 7) is 0.336. The molecule has 112 valence electrons. The van der Waals surface area contributed by atoms with Gasteiger partial charge in [0.25, 0.3) is 5.91 Å². The van der Waals surface area contributed by atoms with E-state index in [2.05, 4.69) is 21.2 Å². The van der Waals surface area contributed by atoms with Crippen LogP contribution in [0.25, 0.3) is 0 Å². The number of halogens is 5. The first kappa shape index (κ1) is 17.3. The highest BCUT2D eigenvalue weighted by molar-refractivity contribution is 9.10. The zero-order valence-electron chi connectivity index (χ0n) is 10.6. The summed E-state index contributed by atoms with van der Waals surface area (Å²) in [4.78, 5) is 11.8. The van der Waals surface area contributed by atoms with Gasteiger partial charge in [0, 0.05) is 16.9 Å². The molecule has 0 radical (unpaired) electrons. The second kappa shape index (κ2) is 7.88. The topological polar surface area (TPSA) is 29.1 Å². The van der Waals surface area contributed by atoms with Gasteiger partial charge in [0.15, 0.2) is 0 Å². The lowest BCUT2D eigenvalue weighted by molar-refractivity contribution is -0.138. The number of nitrogens with one attached hydrogen (secondary N) is 1. The molecule has 1 aromatic rings. The first-order valence-corrected chi connectivity index (χ1v) is 7.40. The molecule has 0 fully saturated rings. The van der Waals surface area contributed by atoms with Crippen molar-refractivity contribution in [2.24, 2.45) is 0 Å². The van der Waals surface area contributed by atoms with Gasteiger partial charge in [-0.2, -0.15) is 13.2 Å². The molecule has 0 aliphatic heterocycles. The van der Waals surface area contributed by atoms with Crippen molar-refractivity contribution in [2.75, 3.05) is 12.4 Å². The van der Waals surface area contributed by atoms with Crippen LogP contribution < -0.4 is 5.32 Å². The molecule has 0 unspecified atom stereocenters. The molecule has 0 aromatic heterocycles. The quantitative estimate of drug-likeness (QED) is 0.573. The van der Waals surface area contributed by atoms with Crippen LogP contribution in [-0.4, -0.2) is 18.3 Å². The molecular weight excluding hydrogens is 358 g/mol. The fraction of sp³-hybridized carbons (Fsp3) is 0.462. The minimum absolute atomic E-state index is 0.281. The Bertz CT molecular complexity index is 465. The summed E-state index contributed by atoms with van der Waals surface area (Å²) in [6, 6.07) is 3.49. The summed E-state index contributed by atoms with van der Waals surface area (Å²) in [5.74, 6) is -0.172. The predicted molar refractivity (Wildman–Crippen MR) is 76.0 cm³/mol. The molecule has 20 heavy (non-hydrogen) atoms. The summed E-state index contributed by atoms with van der Waals surface area (Å²) in [5, 5.41) is 2.49. The van der Waals surface area contributed by atoms with Crippen LogP contribution in [0.5, 0.6) is 0 Å². The van der Waals surface area contributed by atoms with E-state index in [9.17, 15) is 18.0 Å². The Labute approximate surface area is 128 Å². The van der Waals surface area contributed by atoms with Crippen LogP contribution in [0.3, 0.4) is 0 Å². The van der Waals surface area contributed by atoms with Crippen LogP contribution >= 0.6 is 27.5 Å². The van der Waals surface area contributed by atoms with Gasteiger partial charge in [0.2, 0.25) is 0 Å². The number of amides is 1. The number of carbonyl (C=O) groups is 1. The summed E-state index contributed by atoms with van der Waals surface area (Å²) >= 11 is 8.48. The fourth-order valence-electron chi connectivity index (χ4n) is 1.64. The molecule has 0 saturated carbocycles. The molecule has 0 bridgehead atoms. The standard InChI is InChI=1S/C13H14BrClF3NO/c14-9-4-5-10(11(8-9)13(16,17)18)12(20)19-7-3-1-2-6-15/h4-5,8H,1-3,6-7H2,(H,19,20). The van der Waals surface area contributed by atoms with E-state index in [1.807, 2.05) is 0 Å². The molecule has 1 N–H and O–H groups in total. The van der Waals surface area contributed by atoms with Crippen molar-refractivity contribution >= 4 is 33.4 Å². The molecule has 0 spiro atoms. The lowest BCUT2D eigenvalue weighted by Gasteiger charge is -2.13. The average molecular weight is 373 g/mol. The lowest BCUT2D eigenvalue weighted by Crippen LogP contribution is -2.27. The Morgan fingerprint density at radius 1 is 1.25 bits per heavy atom. The van der Waals surface area contributed by atoms with Gasteiger partial charge in [-0.3, -0.25) is 4.79 Å². The second-order valence-corrected chi connectivity index (χ2v) is 5.49. The van der Waals surface area contributed by atoms with Gasteiger partial charge in [-0.1, -0.05) is 22.4 Å². The molecule has 7 heteroatoms. The molecule has 0 aliphatic carbocycles. The third-order valence-corrected chi connectivity index (χ3v) is 3.39. The van der Waals surface area contributed by atoms with E-state index in [0.29, 0.717) is 18.8 Å². The number of alkyl halides is 4. The number of hydrogen-bond acceptors (Lipinski definition) is 1. The Morgan fingerprint density at radius 2 is 1.95 bits per heavy atom. The van der Waals surface area contributed by atoms with Crippen LogP contribution in [-0.2, 0) is 6.18 Å². The van der Waals surface area contributed by atoms with Gasteiger partial charge >= 0.3 is 6.18 Å². The van der Waals surface area contributed by atoms with Crippen molar-refractivity contribution in [2.45, 2.75) is 25.4 Å². The third-order valence-electron chi connectivity index (χ3n) is 2.63. The number of carbonyl (C=O) groups excluding carboxylic acids is 1. The van der Waals surface area contributed by atoms with E-state index in [4.69, 9.17) is 11.6 Å². The molecular formula is C13H14BrClF3NO. The van der Waals surface area contributed by atoms with E-state index >= 15 is 0 Å². The summed E-state index contributed by atoms with van der Waals surface area (Å²) in [5.41, 5.74) is -1.30. The Morgan fingerprint density at radius 3 is 2.55 bits per heavy atom. The summed E-state index contributed by atoms with van der Waals surface area (Å²) in [7, 11) is 0. The Hall–Kier alpha value is -0.750. The van der Waals surface area contributed by atoms with Crippen LogP contribution in [0.2, 0.25) is 0 Å². The van der Waals surface area contributed by atoms with Crippen LogP contribution in [0.4, 0.5) is 13.2 Å². The maximum Gasteiger partial charge on any atom is 0.417 e. The SMILES string of the molecule is O=C(NCCCCCCl)c1ccc(Br)cc1C(F)(F)F. The smallest absolute Gasteiger partial charge is 0.352 e. The molecule has 2 nitrogen and oxygen atoms in total. The van der Waals surface area contributed by atoms with E-state index in [0.717, 1.165) is 18.9 Å². The predicted octanol–water partition coefficient (Wildman–Crippen LogP) is 4.61. The minimum Gasteiger partial charge on any atom is -0.352 e. The second-order valence-electron chi connectivity index (χ2n) is 4.19. The van der Waals surface area contributed by atoms with Gasteiger partial charge in [0.05, 0.1) is 11.1 Å². The first-order valence-electron chi connectivity index (χ1n) is 6.07. The molecule has 1 amide bonds. The zero-order valence-corrected chi connectivity index (χ0v) is 12.9. The van der Waals surface area contributed by atoms with Crippen molar-refractivity contribution in [3.63, 3.8) is 0 Å². The van der Waals surface area contributed by atoms with Gasteiger partial charge in [0.1, 0.15) is 0 Å². The summed E-state index contributed by atoms with van der Waals surface area (Å²) in [6.07, 6.45) is -2.22. The van der Waals surface area contributed by atoms with Crippen molar-refractivity contribution in [3.8, 4) is 0 Å². The summed E-state index contributed by atoms with van der Waals surface area (Å²) < 4.78 is 38.9. The molecule has 0 atom stereocenters. The van der Waals surface area contributed by atoms with Gasteiger partial charge < -0.3 is 5.32 Å². The van der Waals surface area contributed by atoms with E-state index in [1.54, 1.807) is 0 Å². The highest BCUT2D eigenvalue weighted by atomic mass is 79.9. The van der Waals surface area contributed by atoms with Gasteiger partial charge in [-0.25, -0.2) is 0 Å². The van der Waals surface area contributed by atoms with E-state index in [1.165, 1.54) is 12.1 Å². The molecule has 0 saturated heterocycles. The van der Waals surface area contributed by atoms with Crippen LogP contribution in [0, 0.1) is 0 Å². The Kier molecular flexibility index (Phi) is 6.82. The monoisotopic (exact) mass is 371 g/mol. The highest BCUT2D eigenvalue weighted by Gasteiger charge is 2.35. The van der Waals surface area contributed by atoms with Gasteiger partial charge in [-0.15, -0.1) is 11.6 Å². The maximum atomic E-state index is 12.9. The highest BCUT2D eigenvalue weighted by Crippen LogP contribution is 2.33. The number of rotatable bonds is 6. The van der Waals surface area contributed by atoms with Crippen molar-refractivity contribution in [1.29, 1.82) is 0 Å². The molecule has 1 aromatic carbocycles. The van der Waals surface area contributed by atoms with E-state index in [-0.39, 0.29) is 10.0 Å². The number of benzene rings is 1. The molecule has 0 aliphatic rings. The van der Waals surface area contributed by atoms with Crippen LogP contribution in [0.1, 0.15) is 35.2 Å². The average Bonchev–Trinajstić information content (AvgIpc) is 2.37. The largest absolute Gasteiger partial charge is 0.417 e. The maximum absolute atomic E-state index is 12.9. The molecule has 1 rings (SSSR count). The number of hydrogen-bond donors (Lipinski definition) is 1.